The van der Waals surface area contributed by atoms with Gasteiger partial charge >= 0.3 is 0 Å². The van der Waals surface area contributed by atoms with E-state index in [-0.39, 0.29) is 0 Å². The molecule has 0 aromatic rings. The Morgan fingerprint density at radius 1 is 1.71 bits per heavy atom. The van der Waals surface area contributed by atoms with Crippen LogP contribution in [0.25, 0.3) is 0 Å². The van der Waals surface area contributed by atoms with Crippen LogP contribution >= 0.6 is 0 Å². The SMILES string of the molecule is CC1CCCN1O. The van der Waals surface area contributed by atoms with Crippen LogP contribution < -0.4 is 0 Å². The van der Waals surface area contributed by atoms with Crippen LogP contribution in [0.15, 0.2) is 0 Å². The number of hydrogen-bond donors (Lipinski definition) is 1. The predicted octanol–water partition coefficient (Wildman–Crippen LogP) is 0.860. The maximum atomic E-state index is 8.83. The van der Waals surface area contributed by atoms with Gasteiger partial charge in [0.2, 0.25) is 0 Å². The van der Waals surface area contributed by atoms with Crippen molar-refractivity contribution in [2.75, 3.05) is 6.54 Å². The molecule has 0 saturated carbocycles. The zero-order chi connectivity index (χ0) is 5.28. The Hall–Kier alpha value is -0.0800. The van der Waals surface area contributed by atoms with Crippen molar-refractivity contribution >= 4 is 0 Å². The highest BCUT2D eigenvalue weighted by molar-refractivity contribution is 4.66. The van der Waals surface area contributed by atoms with Gasteiger partial charge in [-0.2, -0.15) is 5.06 Å². The fourth-order valence-corrected chi connectivity index (χ4v) is 0.918. The Bertz CT molecular complexity index is 57.1. The molecule has 0 amide bonds. The van der Waals surface area contributed by atoms with Gasteiger partial charge in [0.25, 0.3) is 0 Å². The Balaban J connectivity index is 2.33. The topological polar surface area (TPSA) is 23.5 Å². The second kappa shape index (κ2) is 1.80. The van der Waals surface area contributed by atoms with Gasteiger partial charge < -0.3 is 5.21 Å². The van der Waals surface area contributed by atoms with E-state index < -0.39 is 0 Å². The van der Waals surface area contributed by atoms with Crippen LogP contribution in [0.2, 0.25) is 0 Å². The first-order valence-corrected chi connectivity index (χ1v) is 2.76. The summed E-state index contributed by atoms with van der Waals surface area (Å²) in [6.45, 7) is 2.90. The van der Waals surface area contributed by atoms with E-state index >= 15 is 0 Å². The van der Waals surface area contributed by atoms with E-state index in [1.807, 2.05) is 6.92 Å². The molecule has 7 heavy (non-hydrogen) atoms. The van der Waals surface area contributed by atoms with Crippen molar-refractivity contribution in [3.63, 3.8) is 0 Å². The van der Waals surface area contributed by atoms with Crippen LogP contribution in [0.4, 0.5) is 0 Å². The molecule has 1 aliphatic rings. The van der Waals surface area contributed by atoms with Gasteiger partial charge in [0.1, 0.15) is 0 Å². The summed E-state index contributed by atoms with van der Waals surface area (Å²) in [4.78, 5) is 0. The molecule has 1 saturated heterocycles. The molecule has 1 aliphatic heterocycles. The van der Waals surface area contributed by atoms with Crippen LogP contribution in [0.1, 0.15) is 19.8 Å². The largest absolute Gasteiger partial charge is 0.314 e. The van der Waals surface area contributed by atoms with Crippen LogP contribution in [0.5, 0.6) is 0 Å². The lowest BCUT2D eigenvalue weighted by molar-refractivity contribution is -0.0969. The van der Waals surface area contributed by atoms with E-state index in [0.717, 1.165) is 19.4 Å². The van der Waals surface area contributed by atoms with E-state index in [4.69, 9.17) is 5.21 Å². The first-order chi connectivity index (χ1) is 3.30. The number of hydrogen-bond acceptors (Lipinski definition) is 2. The van der Waals surface area contributed by atoms with Gasteiger partial charge in [-0.15, -0.1) is 0 Å². The van der Waals surface area contributed by atoms with Gasteiger partial charge in [0.05, 0.1) is 0 Å². The van der Waals surface area contributed by atoms with E-state index in [9.17, 15) is 0 Å². The highest BCUT2D eigenvalue weighted by Gasteiger charge is 2.16. The molecular formula is C5H11NO. The molecular weight excluding hydrogens is 90.1 g/mol. The Morgan fingerprint density at radius 2 is 2.43 bits per heavy atom. The predicted molar refractivity (Wildman–Crippen MR) is 27.2 cm³/mol. The lowest BCUT2D eigenvalue weighted by Crippen LogP contribution is -2.21. The molecule has 1 unspecified atom stereocenters. The minimum Gasteiger partial charge on any atom is -0.314 e. The maximum absolute atomic E-state index is 8.83. The summed E-state index contributed by atoms with van der Waals surface area (Å²) >= 11 is 0. The van der Waals surface area contributed by atoms with E-state index in [2.05, 4.69) is 0 Å². The molecule has 42 valence electrons. The number of rotatable bonds is 0. The zero-order valence-corrected chi connectivity index (χ0v) is 4.59. The quantitative estimate of drug-likeness (QED) is 0.489. The minimum absolute atomic E-state index is 0.403. The number of hydroxylamine groups is 2. The standard InChI is InChI=1S/C5H11NO/c1-5-3-2-4-6(5)7/h5,7H,2-4H2,1H3. The Morgan fingerprint density at radius 3 is 2.57 bits per heavy atom. The molecule has 0 bridgehead atoms. The van der Waals surface area contributed by atoms with E-state index in [1.165, 1.54) is 5.06 Å². The third-order valence-electron chi connectivity index (χ3n) is 1.52. The summed E-state index contributed by atoms with van der Waals surface area (Å²) in [6.07, 6.45) is 2.30. The van der Waals surface area contributed by atoms with Crippen molar-refractivity contribution in [2.45, 2.75) is 25.8 Å². The first-order valence-electron chi connectivity index (χ1n) is 2.76. The Kier molecular flexibility index (Phi) is 1.30. The van der Waals surface area contributed by atoms with Gasteiger partial charge in [-0.3, -0.25) is 0 Å². The van der Waals surface area contributed by atoms with Gasteiger partial charge in [0.15, 0.2) is 0 Å². The average molecular weight is 101 g/mol. The third kappa shape index (κ3) is 0.924. The average Bonchev–Trinajstić information content (AvgIpc) is 1.91. The van der Waals surface area contributed by atoms with Crippen molar-refractivity contribution in [3.05, 3.63) is 0 Å². The molecule has 1 N–H and O–H groups in total. The summed E-state index contributed by atoms with van der Waals surface area (Å²) in [5, 5.41) is 10.2. The van der Waals surface area contributed by atoms with Crippen LogP contribution in [0, 0.1) is 0 Å². The smallest absolute Gasteiger partial charge is 0.0322 e. The number of nitrogens with zero attached hydrogens (tertiary/aromatic N) is 1. The lowest BCUT2D eigenvalue weighted by atomic mass is 10.3. The van der Waals surface area contributed by atoms with Crippen molar-refractivity contribution in [1.82, 2.24) is 5.06 Å². The first kappa shape index (κ1) is 5.06. The Labute approximate surface area is 43.7 Å². The fourth-order valence-electron chi connectivity index (χ4n) is 0.918. The molecule has 0 spiro atoms. The normalized spacial score (nSPS) is 34.3. The highest BCUT2D eigenvalue weighted by Crippen LogP contribution is 2.12. The molecule has 0 aromatic heterocycles. The molecule has 2 heteroatoms. The second-order valence-corrected chi connectivity index (χ2v) is 2.15. The molecule has 1 heterocycles. The van der Waals surface area contributed by atoms with E-state index in [0.29, 0.717) is 6.04 Å². The van der Waals surface area contributed by atoms with Crippen molar-refractivity contribution in [3.8, 4) is 0 Å². The summed E-state index contributed by atoms with van der Waals surface area (Å²) in [5.41, 5.74) is 0. The third-order valence-corrected chi connectivity index (χ3v) is 1.52. The second-order valence-electron chi connectivity index (χ2n) is 2.15. The molecule has 1 fully saturated rings. The molecule has 0 aromatic carbocycles. The zero-order valence-electron chi connectivity index (χ0n) is 4.59. The highest BCUT2D eigenvalue weighted by atomic mass is 16.5. The van der Waals surface area contributed by atoms with Crippen molar-refractivity contribution < 1.29 is 5.21 Å². The summed E-state index contributed by atoms with van der Waals surface area (Å²) in [7, 11) is 0. The summed E-state index contributed by atoms with van der Waals surface area (Å²) in [5.74, 6) is 0. The van der Waals surface area contributed by atoms with Gasteiger partial charge in [-0.25, -0.2) is 0 Å². The van der Waals surface area contributed by atoms with Crippen LogP contribution in [0.3, 0.4) is 0 Å². The summed E-state index contributed by atoms with van der Waals surface area (Å²) < 4.78 is 0. The monoisotopic (exact) mass is 101 g/mol. The molecule has 0 aliphatic carbocycles. The van der Waals surface area contributed by atoms with Crippen molar-refractivity contribution in [2.24, 2.45) is 0 Å². The maximum Gasteiger partial charge on any atom is 0.0322 e. The molecule has 1 rings (SSSR count). The van der Waals surface area contributed by atoms with Gasteiger partial charge in [0, 0.05) is 12.6 Å². The van der Waals surface area contributed by atoms with Crippen LogP contribution in [-0.4, -0.2) is 22.9 Å². The van der Waals surface area contributed by atoms with Crippen molar-refractivity contribution in [1.29, 1.82) is 0 Å². The molecule has 2 nitrogen and oxygen atoms in total. The van der Waals surface area contributed by atoms with Gasteiger partial charge in [-0.1, -0.05) is 0 Å². The molecule has 1 atom stereocenters. The minimum atomic E-state index is 0.403. The van der Waals surface area contributed by atoms with Crippen LogP contribution in [-0.2, 0) is 0 Å². The molecule has 0 radical (unpaired) electrons. The van der Waals surface area contributed by atoms with Gasteiger partial charge in [-0.05, 0) is 19.8 Å². The summed E-state index contributed by atoms with van der Waals surface area (Å²) in [6, 6.07) is 0.403. The van der Waals surface area contributed by atoms with E-state index in [1.54, 1.807) is 0 Å². The fraction of sp³-hybridized carbons (Fsp3) is 1.00. The lowest BCUT2D eigenvalue weighted by Gasteiger charge is -2.09.